The molecular weight excluding hydrogens is 1320 g/mol. The molecule has 0 bridgehead atoms. The molecule has 34 nitrogen and oxygen atoms in total. The summed E-state index contributed by atoms with van der Waals surface area (Å²) < 4.78 is 210. The van der Waals surface area contributed by atoms with Crippen molar-refractivity contribution in [3.63, 3.8) is 0 Å². The molecule has 0 fully saturated rings. The third-order valence-electron chi connectivity index (χ3n) is 11.7. The topological polar surface area (TPSA) is 533 Å². The first-order valence-corrected chi connectivity index (χ1v) is 32.4. The van der Waals surface area contributed by atoms with E-state index in [2.05, 4.69) is 66.3 Å². The van der Waals surface area contributed by atoms with Crippen LogP contribution >= 0.6 is 23.2 Å². The molecule has 2 aromatic heterocycles. The summed E-state index contributed by atoms with van der Waals surface area (Å²) in [6, 6.07) is 19.0. The molecule has 87 heavy (non-hydrogen) atoms. The van der Waals surface area contributed by atoms with E-state index >= 15 is 0 Å². The molecule has 0 amide bonds. The molecule has 2 heterocycles. The third-order valence-corrected chi connectivity index (χ3v) is 17.3. The smallest absolute Gasteiger partial charge is 0.297 e. The van der Waals surface area contributed by atoms with Crippen LogP contribution in [0, 0.1) is 0 Å². The molecule has 11 N–H and O–H groups in total. The second kappa shape index (κ2) is 23.1. The number of phenols is 2. The minimum atomic E-state index is -5.55. The molecule has 0 aliphatic heterocycles. The standard InChI is InChI=1S/C45H32Cl2N14O20S6/c1-61(45-54-41(47)53-44(56-45)49-28-18-25(83(67,68)69)15-21-17-33(86(76,77)78)37(38(63)34(21)28)60-58-27-7-3-5-9-32(27)85(73,74)75)23-12-10-22(11-13-23)48-42-51-40(46)52-43(55-42)50-29-19-24(82(64,65)66)14-20-16-30(62)36(39(35(20)29)87(79,80)81)59-57-26-6-2-4-8-31(26)84(70,71)72/h2-19,62-63H,1H3,(H,64,65,66)(H,67,68,69)(H,70,71,72)(H,73,74,75)(H,76,77,78)(H,79,80,81)(H,49,53,54,56)(H2,48,50,51,52,55). The number of nitrogens with zero attached hydrogens (tertiary/aromatic N) is 11. The van der Waals surface area contributed by atoms with Crippen molar-refractivity contribution < 1.29 is 88.0 Å². The van der Waals surface area contributed by atoms with Gasteiger partial charge in [-0.1, -0.05) is 24.3 Å². The molecule has 7 aromatic carbocycles. The lowest BCUT2D eigenvalue weighted by atomic mass is 10.1. The van der Waals surface area contributed by atoms with Gasteiger partial charge in [-0.3, -0.25) is 27.3 Å². The van der Waals surface area contributed by atoms with Crippen LogP contribution in [0.1, 0.15) is 0 Å². The molecule has 0 saturated carbocycles. The van der Waals surface area contributed by atoms with Crippen molar-refractivity contribution in [2.24, 2.45) is 20.5 Å². The van der Waals surface area contributed by atoms with Crippen molar-refractivity contribution in [3.8, 4) is 11.5 Å². The number of nitrogens with one attached hydrogen (secondary N) is 3. The summed E-state index contributed by atoms with van der Waals surface area (Å²) in [5.41, 5.74) is -3.74. The van der Waals surface area contributed by atoms with Gasteiger partial charge in [-0.15, -0.1) is 20.5 Å². The van der Waals surface area contributed by atoms with Crippen LogP contribution in [-0.4, -0.2) is 125 Å². The van der Waals surface area contributed by atoms with Crippen molar-refractivity contribution in [1.29, 1.82) is 0 Å². The average Bonchev–Trinajstić information content (AvgIpc) is 0.916. The van der Waals surface area contributed by atoms with Crippen LogP contribution in [0.3, 0.4) is 0 Å². The van der Waals surface area contributed by atoms with Crippen LogP contribution in [0.15, 0.2) is 159 Å². The monoisotopic (exact) mass is 1350 g/mol. The second-order valence-corrected chi connectivity index (χ2v) is 26.5. The zero-order valence-electron chi connectivity index (χ0n) is 42.5. The highest BCUT2D eigenvalue weighted by molar-refractivity contribution is 7.87. The first-order valence-electron chi connectivity index (χ1n) is 23.0. The number of rotatable bonds is 18. The molecule has 0 aliphatic carbocycles. The number of azo groups is 2. The second-order valence-electron chi connectivity index (χ2n) is 17.4. The van der Waals surface area contributed by atoms with Gasteiger partial charge in [0.15, 0.2) is 5.75 Å². The van der Waals surface area contributed by atoms with Gasteiger partial charge in [-0.25, -0.2) is 0 Å². The number of fused-ring (bicyclic) bond motifs is 2. The van der Waals surface area contributed by atoms with Gasteiger partial charge >= 0.3 is 0 Å². The Labute approximate surface area is 498 Å². The van der Waals surface area contributed by atoms with E-state index in [9.17, 15) is 88.0 Å². The zero-order valence-corrected chi connectivity index (χ0v) is 48.9. The number of aromatic hydroxyl groups is 2. The van der Waals surface area contributed by atoms with Gasteiger partial charge in [0.2, 0.25) is 34.4 Å². The number of halogens is 2. The van der Waals surface area contributed by atoms with Gasteiger partial charge in [0.25, 0.3) is 60.7 Å². The summed E-state index contributed by atoms with van der Waals surface area (Å²) >= 11 is 12.6. The fraction of sp³-hybridized carbons (Fsp3) is 0.0222. The predicted octanol–water partition coefficient (Wildman–Crippen LogP) is 8.39. The summed E-state index contributed by atoms with van der Waals surface area (Å²) in [5.74, 6) is -3.81. The van der Waals surface area contributed by atoms with Gasteiger partial charge in [-0.2, -0.15) is 80.4 Å². The molecule has 9 rings (SSSR count). The van der Waals surface area contributed by atoms with E-state index in [1.54, 1.807) is 0 Å². The highest BCUT2D eigenvalue weighted by Gasteiger charge is 2.30. The van der Waals surface area contributed by atoms with Gasteiger partial charge in [-0.05, 0) is 119 Å². The first-order chi connectivity index (χ1) is 40.4. The van der Waals surface area contributed by atoms with Crippen LogP contribution in [0.5, 0.6) is 11.5 Å². The summed E-state index contributed by atoms with van der Waals surface area (Å²) in [5, 5.41) is 42.2. The van der Waals surface area contributed by atoms with Crippen LogP contribution in [0.2, 0.25) is 10.6 Å². The van der Waals surface area contributed by atoms with Gasteiger partial charge in [0, 0.05) is 29.2 Å². The quantitative estimate of drug-likeness (QED) is 0.0283. The number of benzene rings is 7. The molecule has 0 unspecified atom stereocenters. The molecule has 9 aromatic rings. The molecule has 0 radical (unpaired) electrons. The Morgan fingerprint density at radius 3 is 1.39 bits per heavy atom. The van der Waals surface area contributed by atoms with E-state index in [1.807, 2.05) is 0 Å². The minimum Gasteiger partial charge on any atom is -0.506 e. The van der Waals surface area contributed by atoms with Crippen molar-refractivity contribution in [1.82, 2.24) is 29.9 Å². The highest BCUT2D eigenvalue weighted by atomic mass is 35.5. The lowest BCUT2D eigenvalue weighted by Gasteiger charge is -2.19. The maximum absolute atomic E-state index is 13.1. The fourth-order valence-corrected chi connectivity index (χ4v) is 12.2. The van der Waals surface area contributed by atoms with Crippen LogP contribution < -0.4 is 20.9 Å². The molecule has 0 spiro atoms. The number of aromatic nitrogens is 6. The van der Waals surface area contributed by atoms with Crippen LogP contribution in [0.4, 0.5) is 69.3 Å². The molecular formula is C45H32Cl2N14O20S6. The summed E-state index contributed by atoms with van der Waals surface area (Å²) in [6.45, 7) is 0. The molecule has 452 valence electrons. The van der Waals surface area contributed by atoms with Crippen molar-refractivity contribution >= 4 is 175 Å². The summed E-state index contributed by atoms with van der Waals surface area (Å²) in [4.78, 5) is 20.1. The normalized spacial score (nSPS) is 12.7. The van der Waals surface area contributed by atoms with E-state index in [-0.39, 0.29) is 17.6 Å². The Bertz CT molecular complexity index is 5180. The first kappa shape index (κ1) is 62.6. The van der Waals surface area contributed by atoms with E-state index in [1.165, 1.54) is 60.5 Å². The summed E-state index contributed by atoms with van der Waals surface area (Å²) in [6.07, 6.45) is 0. The largest absolute Gasteiger partial charge is 0.506 e. The maximum atomic E-state index is 13.1. The van der Waals surface area contributed by atoms with Gasteiger partial charge in [0.1, 0.15) is 48.1 Å². The maximum Gasteiger partial charge on any atom is 0.297 e. The summed E-state index contributed by atoms with van der Waals surface area (Å²) in [7, 11) is -29.6. The number of hydrogen-bond donors (Lipinski definition) is 11. The van der Waals surface area contributed by atoms with Crippen molar-refractivity contribution in [2.45, 2.75) is 29.4 Å². The Morgan fingerprint density at radius 1 is 0.448 bits per heavy atom. The molecule has 0 saturated heterocycles. The Hall–Kier alpha value is -8.88. The Morgan fingerprint density at radius 2 is 0.897 bits per heavy atom. The van der Waals surface area contributed by atoms with Crippen LogP contribution in [0.25, 0.3) is 21.5 Å². The Kier molecular flexibility index (Phi) is 16.6. The van der Waals surface area contributed by atoms with Crippen LogP contribution in [-0.2, 0) is 60.7 Å². The van der Waals surface area contributed by atoms with Crippen molar-refractivity contribution in [3.05, 3.63) is 120 Å². The number of phenolic OH excluding ortho intramolecular Hbond substituents is 2. The predicted molar refractivity (Wildman–Crippen MR) is 305 cm³/mol. The van der Waals surface area contributed by atoms with Gasteiger partial charge in [0.05, 0.1) is 21.2 Å². The lowest BCUT2D eigenvalue weighted by molar-refractivity contribution is 0.469. The van der Waals surface area contributed by atoms with Crippen molar-refractivity contribution in [2.75, 3.05) is 27.9 Å². The Balaban J connectivity index is 1.03. The third kappa shape index (κ3) is 13.9. The van der Waals surface area contributed by atoms with E-state index in [0.29, 0.717) is 30.0 Å². The molecule has 42 heteroatoms. The zero-order chi connectivity index (χ0) is 63.5. The van der Waals surface area contributed by atoms with E-state index < -0.39 is 180 Å². The fourth-order valence-electron chi connectivity index (χ4n) is 8.04. The SMILES string of the molecule is CN(c1ccc(Nc2nc(Cl)nc(Nc3cc(S(=O)(=O)O)cc4cc(O)c(N=Nc5ccccc5S(=O)(=O)O)c(S(=O)(=O)O)c34)n2)cc1)c1nc(Cl)nc(Nc2cc(S(=O)(=O)O)cc3cc(S(=O)(=O)O)c(N=Nc4ccccc4S(=O)(=O)O)c(O)c23)n1. The lowest BCUT2D eigenvalue weighted by Crippen LogP contribution is -2.15. The van der Waals surface area contributed by atoms with E-state index in [4.69, 9.17) is 23.2 Å². The van der Waals surface area contributed by atoms with E-state index in [0.717, 1.165) is 36.4 Å². The number of anilines is 8. The molecule has 0 aliphatic rings. The minimum absolute atomic E-state index is 0.217. The molecule has 0 atom stereocenters. The van der Waals surface area contributed by atoms with Gasteiger partial charge < -0.3 is 31.1 Å². The number of hydrogen-bond acceptors (Lipinski definition) is 28. The highest BCUT2D eigenvalue weighted by Crippen LogP contribution is 2.48. The average molecular weight is 1350 g/mol.